The number of hydrazine groups is 1. The molecule has 4 aromatic rings. The number of aromatic nitrogens is 1. The van der Waals surface area contributed by atoms with E-state index in [1.807, 2.05) is 18.2 Å². The number of rotatable bonds is 5. The molecule has 0 saturated heterocycles. The van der Waals surface area contributed by atoms with Gasteiger partial charge in [0.15, 0.2) is 0 Å². The van der Waals surface area contributed by atoms with Crippen LogP contribution in [-0.4, -0.2) is 16.5 Å². The minimum Gasteiger partial charge on any atom is -0.469 e. The summed E-state index contributed by atoms with van der Waals surface area (Å²) in [6.45, 7) is 3.87. The smallest absolute Gasteiger partial charge is 0.205 e. The van der Waals surface area contributed by atoms with Gasteiger partial charge in [0.1, 0.15) is 5.76 Å². The number of fused-ring (bicyclic) bond motifs is 1. The zero-order chi connectivity index (χ0) is 18.9. The van der Waals surface area contributed by atoms with E-state index in [2.05, 4.69) is 65.5 Å². The minimum absolute atomic E-state index is 0.785. The van der Waals surface area contributed by atoms with E-state index in [-0.39, 0.29) is 0 Å². The van der Waals surface area contributed by atoms with E-state index in [9.17, 15) is 0 Å². The first-order chi connectivity index (χ1) is 13.8. The van der Waals surface area contributed by atoms with Crippen molar-refractivity contribution < 1.29 is 4.42 Å². The number of para-hydroxylation sites is 1. The van der Waals surface area contributed by atoms with Crippen LogP contribution in [-0.2, 0) is 13.0 Å². The zero-order valence-electron chi connectivity index (χ0n) is 15.7. The Bertz CT molecular complexity index is 1080. The summed E-state index contributed by atoms with van der Waals surface area (Å²) in [5.74, 6) is 0.985. The Morgan fingerprint density at radius 2 is 1.82 bits per heavy atom. The Balaban J connectivity index is 1.52. The van der Waals surface area contributed by atoms with Gasteiger partial charge >= 0.3 is 0 Å². The van der Waals surface area contributed by atoms with E-state index in [1.54, 1.807) is 17.6 Å². The highest BCUT2D eigenvalue weighted by Gasteiger charge is 2.30. The second kappa shape index (κ2) is 7.17. The van der Waals surface area contributed by atoms with Crippen molar-refractivity contribution >= 4 is 26.7 Å². The molecule has 0 radical (unpaired) electrons. The van der Waals surface area contributed by atoms with Crippen LogP contribution in [0.2, 0.25) is 0 Å². The Morgan fingerprint density at radius 3 is 2.61 bits per heavy atom. The summed E-state index contributed by atoms with van der Waals surface area (Å²) >= 11 is 1.74. The molecule has 0 amide bonds. The second-order valence-corrected chi connectivity index (χ2v) is 8.06. The molecule has 0 bridgehead atoms. The molecule has 0 fully saturated rings. The van der Waals surface area contributed by atoms with Gasteiger partial charge < -0.3 is 4.42 Å². The first-order valence-electron chi connectivity index (χ1n) is 9.43. The van der Waals surface area contributed by atoms with Gasteiger partial charge in [0, 0.05) is 12.1 Å². The minimum atomic E-state index is 0.785. The third-order valence-corrected chi connectivity index (χ3v) is 6.13. The van der Waals surface area contributed by atoms with Crippen molar-refractivity contribution in [1.29, 1.82) is 0 Å². The number of furan rings is 1. The van der Waals surface area contributed by atoms with Gasteiger partial charge in [-0.2, -0.15) is 0 Å². The number of hydrogen-bond donors (Lipinski definition) is 0. The Morgan fingerprint density at radius 1 is 1.00 bits per heavy atom. The van der Waals surface area contributed by atoms with Crippen molar-refractivity contribution in [3.8, 4) is 0 Å². The number of nitrogens with zero attached hydrogens (tertiary/aromatic N) is 3. The van der Waals surface area contributed by atoms with Gasteiger partial charge in [-0.05, 0) is 42.3 Å². The molecule has 0 atom stereocenters. The summed E-state index contributed by atoms with van der Waals surface area (Å²) in [6.07, 6.45) is 2.53. The van der Waals surface area contributed by atoms with Crippen LogP contribution in [0.25, 0.3) is 10.2 Å². The van der Waals surface area contributed by atoms with Crippen molar-refractivity contribution in [2.24, 2.45) is 0 Å². The monoisotopic (exact) mass is 387 g/mol. The van der Waals surface area contributed by atoms with Crippen molar-refractivity contribution in [2.75, 3.05) is 11.6 Å². The number of thiazole rings is 1. The Kier molecular flexibility index (Phi) is 4.37. The lowest BCUT2D eigenvalue weighted by molar-refractivity contribution is 0.326. The molecule has 140 valence electrons. The topological polar surface area (TPSA) is 32.5 Å². The average molecular weight is 388 g/mol. The molecule has 3 heterocycles. The Labute approximate surface area is 168 Å². The largest absolute Gasteiger partial charge is 0.469 e. The molecule has 0 spiro atoms. The van der Waals surface area contributed by atoms with Crippen LogP contribution in [0.5, 0.6) is 0 Å². The summed E-state index contributed by atoms with van der Waals surface area (Å²) < 4.78 is 6.86. The van der Waals surface area contributed by atoms with E-state index >= 15 is 0 Å². The van der Waals surface area contributed by atoms with Crippen molar-refractivity contribution in [2.45, 2.75) is 19.9 Å². The van der Waals surface area contributed by atoms with Gasteiger partial charge in [-0.25, -0.2) is 4.98 Å². The molecule has 2 aromatic carbocycles. The first kappa shape index (κ1) is 17.1. The fourth-order valence-electron chi connectivity index (χ4n) is 3.67. The fourth-order valence-corrected chi connectivity index (χ4v) is 4.64. The van der Waals surface area contributed by atoms with E-state index in [0.717, 1.165) is 35.9 Å². The van der Waals surface area contributed by atoms with Crippen LogP contribution in [0.3, 0.4) is 0 Å². The summed E-state index contributed by atoms with van der Waals surface area (Å²) in [5, 5.41) is 5.71. The van der Waals surface area contributed by atoms with Gasteiger partial charge in [0.25, 0.3) is 0 Å². The molecule has 5 rings (SSSR count). The van der Waals surface area contributed by atoms with Crippen LogP contribution in [0, 0.1) is 0 Å². The molecule has 0 N–H and O–H groups in total. The lowest BCUT2D eigenvalue weighted by atomic mass is 10.1. The molecule has 28 heavy (non-hydrogen) atoms. The number of hydrogen-bond acceptors (Lipinski definition) is 5. The molecule has 0 unspecified atom stereocenters. The zero-order valence-corrected chi connectivity index (χ0v) is 16.5. The Hall–Kier alpha value is -3.05. The molecule has 4 nitrogen and oxygen atoms in total. The maximum Gasteiger partial charge on any atom is 0.205 e. The highest BCUT2D eigenvalue weighted by Crippen LogP contribution is 2.36. The summed E-state index contributed by atoms with van der Waals surface area (Å²) in [7, 11) is 0. The molecular weight excluding hydrogens is 366 g/mol. The van der Waals surface area contributed by atoms with E-state index in [0.29, 0.717) is 0 Å². The van der Waals surface area contributed by atoms with Crippen LogP contribution >= 0.6 is 11.3 Å². The molecule has 1 aliphatic rings. The number of anilines is 1. The summed E-state index contributed by atoms with van der Waals surface area (Å²) in [6, 6.07) is 22.9. The number of allylic oxidation sites excluding steroid dienone is 1. The molecule has 5 heteroatoms. The lowest BCUT2D eigenvalue weighted by Gasteiger charge is -2.32. The second-order valence-electron chi connectivity index (χ2n) is 7.05. The van der Waals surface area contributed by atoms with E-state index in [4.69, 9.17) is 9.40 Å². The summed E-state index contributed by atoms with van der Waals surface area (Å²) in [5.41, 5.74) is 4.98. The van der Waals surface area contributed by atoms with Crippen LogP contribution in [0.1, 0.15) is 18.2 Å². The quantitative estimate of drug-likeness (QED) is 0.443. The average Bonchev–Trinajstić information content (AvgIpc) is 3.44. The third kappa shape index (κ3) is 3.18. The lowest BCUT2D eigenvalue weighted by Crippen LogP contribution is -2.37. The maximum absolute atomic E-state index is 5.64. The normalized spacial score (nSPS) is 14.5. The molecule has 0 aliphatic carbocycles. The van der Waals surface area contributed by atoms with Crippen molar-refractivity contribution in [3.05, 3.63) is 95.6 Å². The fraction of sp³-hybridized carbons (Fsp3) is 0.174. The third-order valence-electron chi connectivity index (χ3n) is 5.08. The van der Waals surface area contributed by atoms with E-state index in [1.165, 1.54) is 21.5 Å². The molecule has 1 aliphatic heterocycles. The van der Waals surface area contributed by atoms with Crippen molar-refractivity contribution in [3.63, 3.8) is 0 Å². The van der Waals surface area contributed by atoms with Crippen LogP contribution in [0.4, 0.5) is 5.13 Å². The van der Waals surface area contributed by atoms with Crippen LogP contribution < -0.4 is 5.01 Å². The van der Waals surface area contributed by atoms with Gasteiger partial charge in [0.2, 0.25) is 5.13 Å². The number of benzene rings is 2. The first-order valence-corrected chi connectivity index (χ1v) is 10.2. The predicted molar refractivity (Wildman–Crippen MR) is 114 cm³/mol. The van der Waals surface area contributed by atoms with Gasteiger partial charge in [-0.15, -0.1) is 0 Å². The van der Waals surface area contributed by atoms with Crippen LogP contribution in [0.15, 0.2) is 88.7 Å². The molecule has 2 aromatic heterocycles. The molecule has 0 saturated carbocycles. The van der Waals surface area contributed by atoms with Gasteiger partial charge in [-0.1, -0.05) is 53.8 Å². The maximum atomic E-state index is 5.64. The van der Waals surface area contributed by atoms with Gasteiger partial charge in [0.05, 0.1) is 29.6 Å². The standard InChI is InChI=1S/C23H21N3OS/c1-17-15-26(23-24-20-11-5-6-12-22(20)28-23)25(16-18-8-3-2-4-9-18)21(17)14-19-10-7-13-27-19/h2-13H,14-16H2,1H3. The molecular formula is C23H21N3OS. The SMILES string of the molecule is CC1=C(Cc2ccco2)N(Cc2ccccc2)N(c2nc3ccccc3s2)C1. The highest BCUT2D eigenvalue weighted by atomic mass is 32.1. The summed E-state index contributed by atoms with van der Waals surface area (Å²) in [4.78, 5) is 4.91. The van der Waals surface area contributed by atoms with Gasteiger partial charge in [-0.3, -0.25) is 10.0 Å². The predicted octanol–water partition coefficient (Wildman–Crippen LogP) is 5.64. The highest BCUT2D eigenvalue weighted by molar-refractivity contribution is 7.22. The van der Waals surface area contributed by atoms with Crippen molar-refractivity contribution in [1.82, 2.24) is 9.99 Å². The van der Waals surface area contributed by atoms with E-state index < -0.39 is 0 Å².